The molecule has 1 aromatic carbocycles. The highest BCUT2D eigenvalue weighted by molar-refractivity contribution is 7.89. The predicted octanol–water partition coefficient (Wildman–Crippen LogP) is 1.67. The molecule has 8 nitrogen and oxygen atoms in total. The molecule has 0 bridgehead atoms. The number of aromatic nitrogens is 1. The fourth-order valence-electron chi connectivity index (χ4n) is 3.46. The van der Waals surface area contributed by atoms with Gasteiger partial charge >= 0.3 is 0 Å². The van der Waals surface area contributed by atoms with Gasteiger partial charge in [0.25, 0.3) is 0 Å². The van der Waals surface area contributed by atoms with Crippen molar-refractivity contribution >= 4 is 27.5 Å². The standard InChI is InChI=1S/C21H26ClN3O5S/c22-15-4-7-18(8-5-15)31(28,29)25-19-9-6-17(30-20(19)14-26)10-12-24-21(27)13-16-3-1-2-11-23-16/h1-5,7-8,11,17,19-20,25-26H,6,9-10,12-14H2,(H,24,27)/t17-,19-,20-/m0/s1. The van der Waals surface area contributed by atoms with Crippen LogP contribution in [0.3, 0.4) is 0 Å². The second-order valence-electron chi connectivity index (χ2n) is 7.37. The van der Waals surface area contributed by atoms with Gasteiger partial charge in [-0.25, -0.2) is 13.1 Å². The molecule has 1 aliphatic heterocycles. The highest BCUT2D eigenvalue weighted by Crippen LogP contribution is 2.23. The number of nitrogens with one attached hydrogen (secondary N) is 2. The van der Waals surface area contributed by atoms with Crippen LogP contribution in [-0.4, -0.2) is 55.8 Å². The van der Waals surface area contributed by atoms with Gasteiger partial charge in [-0.1, -0.05) is 17.7 Å². The third-order valence-corrected chi connectivity index (χ3v) is 6.84. The number of halogens is 1. The molecule has 1 amide bonds. The SMILES string of the molecule is O=C(Cc1ccccn1)NCC[C@@H]1CC[C@H](NS(=O)(=O)c2ccc(Cl)cc2)[C@H](CO)O1. The quantitative estimate of drug-likeness (QED) is 0.516. The number of amides is 1. The van der Waals surface area contributed by atoms with E-state index in [9.17, 15) is 18.3 Å². The molecule has 1 fully saturated rings. The lowest BCUT2D eigenvalue weighted by molar-refractivity contribution is -0.121. The number of sulfonamides is 1. The number of rotatable bonds is 9. The number of benzene rings is 1. The Morgan fingerprint density at radius 1 is 1.19 bits per heavy atom. The van der Waals surface area contributed by atoms with Crippen LogP contribution in [0.5, 0.6) is 0 Å². The van der Waals surface area contributed by atoms with Crippen molar-refractivity contribution < 1.29 is 23.1 Å². The van der Waals surface area contributed by atoms with Crippen LogP contribution in [0, 0.1) is 0 Å². The number of pyridine rings is 1. The number of hydrogen-bond donors (Lipinski definition) is 3. The maximum Gasteiger partial charge on any atom is 0.240 e. The van der Waals surface area contributed by atoms with Crippen molar-refractivity contribution in [2.45, 2.75) is 48.8 Å². The van der Waals surface area contributed by atoms with Gasteiger partial charge < -0.3 is 15.2 Å². The summed E-state index contributed by atoms with van der Waals surface area (Å²) in [6.07, 6.45) is 2.71. The van der Waals surface area contributed by atoms with Gasteiger partial charge in [-0.05, 0) is 55.7 Å². The van der Waals surface area contributed by atoms with Gasteiger partial charge in [0.2, 0.25) is 15.9 Å². The molecule has 3 N–H and O–H groups in total. The molecule has 0 saturated carbocycles. The molecule has 31 heavy (non-hydrogen) atoms. The van der Waals surface area contributed by atoms with Crippen LogP contribution in [0.25, 0.3) is 0 Å². The number of carbonyl (C=O) groups is 1. The van der Waals surface area contributed by atoms with Crippen molar-refractivity contribution in [2.75, 3.05) is 13.2 Å². The van der Waals surface area contributed by atoms with E-state index in [1.165, 1.54) is 24.3 Å². The Kier molecular flexibility index (Phi) is 8.39. The van der Waals surface area contributed by atoms with Crippen molar-refractivity contribution in [2.24, 2.45) is 0 Å². The van der Waals surface area contributed by atoms with E-state index in [2.05, 4.69) is 15.0 Å². The van der Waals surface area contributed by atoms with Crippen LogP contribution in [0.4, 0.5) is 0 Å². The minimum atomic E-state index is -3.76. The zero-order chi connectivity index (χ0) is 22.3. The number of carbonyl (C=O) groups excluding carboxylic acids is 1. The van der Waals surface area contributed by atoms with Crippen LogP contribution >= 0.6 is 11.6 Å². The summed E-state index contributed by atoms with van der Waals surface area (Å²) < 4.78 is 33.7. The van der Waals surface area contributed by atoms with E-state index < -0.39 is 22.2 Å². The number of aliphatic hydroxyl groups is 1. The number of nitrogens with zero attached hydrogens (tertiary/aromatic N) is 1. The van der Waals surface area contributed by atoms with Gasteiger partial charge in [0.05, 0.1) is 36.2 Å². The smallest absolute Gasteiger partial charge is 0.240 e. The summed E-state index contributed by atoms with van der Waals surface area (Å²) in [7, 11) is -3.76. The molecule has 2 heterocycles. The summed E-state index contributed by atoms with van der Waals surface area (Å²) >= 11 is 5.82. The molecule has 10 heteroatoms. The van der Waals surface area contributed by atoms with Gasteiger partial charge in [-0.3, -0.25) is 9.78 Å². The van der Waals surface area contributed by atoms with E-state index in [1.807, 2.05) is 6.07 Å². The lowest BCUT2D eigenvalue weighted by Gasteiger charge is -2.36. The highest BCUT2D eigenvalue weighted by Gasteiger charge is 2.33. The minimum Gasteiger partial charge on any atom is -0.394 e. The van der Waals surface area contributed by atoms with Gasteiger partial charge in [-0.15, -0.1) is 0 Å². The summed E-state index contributed by atoms with van der Waals surface area (Å²) in [5, 5.41) is 13.0. The number of hydrogen-bond acceptors (Lipinski definition) is 6. The van der Waals surface area contributed by atoms with E-state index in [0.717, 1.165) is 0 Å². The molecule has 1 saturated heterocycles. The molecule has 0 unspecified atom stereocenters. The molecule has 2 aromatic rings. The normalized spacial score (nSPS) is 21.5. The number of ether oxygens (including phenoxy) is 1. The zero-order valence-electron chi connectivity index (χ0n) is 16.9. The third kappa shape index (κ3) is 6.98. The molecule has 3 rings (SSSR count). The zero-order valence-corrected chi connectivity index (χ0v) is 18.5. The average Bonchev–Trinajstić information content (AvgIpc) is 2.75. The lowest BCUT2D eigenvalue weighted by Crippen LogP contribution is -2.51. The van der Waals surface area contributed by atoms with Crippen molar-refractivity contribution in [1.82, 2.24) is 15.0 Å². The van der Waals surface area contributed by atoms with E-state index >= 15 is 0 Å². The maximum absolute atomic E-state index is 12.6. The summed E-state index contributed by atoms with van der Waals surface area (Å²) in [5.41, 5.74) is 0.699. The molecule has 0 spiro atoms. The Morgan fingerprint density at radius 3 is 2.65 bits per heavy atom. The van der Waals surface area contributed by atoms with Crippen LogP contribution in [0.2, 0.25) is 5.02 Å². The molecule has 1 aliphatic rings. The van der Waals surface area contributed by atoms with Crippen molar-refractivity contribution in [3.05, 3.63) is 59.4 Å². The first-order valence-corrected chi connectivity index (χ1v) is 11.9. The van der Waals surface area contributed by atoms with Crippen molar-refractivity contribution in [1.29, 1.82) is 0 Å². The van der Waals surface area contributed by atoms with Gasteiger partial charge in [-0.2, -0.15) is 0 Å². The van der Waals surface area contributed by atoms with Crippen molar-refractivity contribution in [3.8, 4) is 0 Å². The summed E-state index contributed by atoms with van der Waals surface area (Å²) in [4.78, 5) is 16.3. The summed E-state index contributed by atoms with van der Waals surface area (Å²) in [5.74, 6) is -0.123. The molecule has 0 radical (unpaired) electrons. The fraction of sp³-hybridized carbons (Fsp3) is 0.429. The van der Waals surface area contributed by atoms with Crippen LogP contribution < -0.4 is 10.0 Å². The maximum atomic E-state index is 12.6. The van der Waals surface area contributed by atoms with Crippen LogP contribution in [0.1, 0.15) is 25.0 Å². The molecule has 0 aliphatic carbocycles. The van der Waals surface area contributed by atoms with Crippen LogP contribution in [-0.2, 0) is 26.0 Å². The molecule has 168 valence electrons. The van der Waals surface area contributed by atoms with Crippen molar-refractivity contribution in [3.63, 3.8) is 0 Å². The second kappa shape index (κ2) is 11.0. The molecular formula is C21H26ClN3O5S. The first kappa shape index (κ1) is 23.6. The second-order valence-corrected chi connectivity index (χ2v) is 9.53. The Balaban J connectivity index is 1.46. The average molecular weight is 468 g/mol. The lowest BCUT2D eigenvalue weighted by atomic mass is 9.98. The van der Waals surface area contributed by atoms with Gasteiger partial charge in [0, 0.05) is 23.5 Å². The van der Waals surface area contributed by atoms with Gasteiger partial charge in [0.15, 0.2) is 0 Å². The number of aliphatic hydroxyl groups excluding tert-OH is 1. The van der Waals surface area contributed by atoms with E-state index in [0.29, 0.717) is 36.5 Å². The first-order valence-electron chi connectivity index (χ1n) is 10.1. The summed E-state index contributed by atoms with van der Waals surface area (Å²) in [6.45, 7) is 0.117. The fourth-order valence-corrected chi connectivity index (χ4v) is 4.89. The summed E-state index contributed by atoms with van der Waals surface area (Å²) in [6, 6.07) is 10.8. The Labute approximate surface area is 187 Å². The molecular weight excluding hydrogens is 442 g/mol. The predicted molar refractivity (Wildman–Crippen MR) is 116 cm³/mol. The Morgan fingerprint density at radius 2 is 1.97 bits per heavy atom. The van der Waals surface area contributed by atoms with E-state index in [-0.39, 0.29) is 29.9 Å². The van der Waals surface area contributed by atoms with Crippen LogP contribution in [0.15, 0.2) is 53.6 Å². The monoisotopic (exact) mass is 467 g/mol. The van der Waals surface area contributed by atoms with E-state index in [1.54, 1.807) is 18.3 Å². The highest BCUT2D eigenvalue weighted by atomic mass is 35.5. The van der Waals surface area contributed by atoms with E-state index in [4.69, 9.17) is 16.3 Å². The first-order chi connectivity index (χ1) is 14.9. The Hall–Kier alpha value is -2.04. The third-order valence-electron chi connectivity index (χ3n) is 5.08. The largest absolute Gasteiger partial charge is 0.394 e. The Bertz CT molecular complexity index is 957. The molecule has 1 aromatic heterocycles. The minimum absolute atomic E-state index is 0.103. The topological polar surface area (TPSA) is 118 Å². The van der Waals surface area contributed by atoms with Gasteiger partial charge in [0.1, 0.15) is 0 Å². The molecule has 3 atom stereocenters.